The topological polar surface area (TPSA) is 42.2 Å². The number of hydrogen-bond donors (Lipinski definition) is 1. The zero-order valence-electron chi connectivity index (χ0n) is 10.3. The molecule has 17 heavy (non-hydrogen) atoms. The number of anilines is 1. The van der Waals surface area contributed by atoms with Crippen molar-refractivity contribution in [1.82, 2.24) is 4.98 Å². The Bertz CT molecular complexity index is 564. The monoisotopic (exact) mass is 293 g/mol. The maximum absolute atomic E-state index is 5.84. The number of pyridine rings is 1. The summed E-state index contributed by atoms with van der Waals surface area (Å²) >= 11 is 3.50. The second-order valence-electron chi connectivity index (χ2n) is 4.28. The fourth-order valence-corrected chi connectivity index (χ4v) is 2.49. The third kappa shape index (κ3) is 2.15. The molecule has 0 saturated heterocycles. The first kappa shape index (κ1) is 12.3. The number of aromatic nitrogens is 1. The molecule has 0 aliphatic heterocycles. The summed E-state index contributed by atoms with van der Waals surface area (Å²) in [4.78, 5) is 6.71. The summed E-state index contributed by atoms with van der Waals surface area (Å²) in [7, 11) is 4.07. The lowest BCUT2D eigenvalue weighted by Crippen LogP contribution is -2.15. The fourth-order valence-electron chi connectivity index (χ4n) is 2.13. The molecule has 2 aromatic rings. The number of benzene rings is 1. The second-order valence-corrected chi connectivity index (χ2v) is 5.20. The molecule has 1 heterocycles. The summed E-state index contributed by atoms with van der Waals surface area (Å²) < 4.78 is 1.06. The van der Waals surface area contributed by atoms with Gasteiger partial charge in [-0.15, -0.1) is 0 Å². The van der Waals surface area contributed by atoms with Gasteiger partial charge in [0.25, 0.3) is 0 Å². The van der Waals surface area contributed by atoms with Crippen LogP contribution in [0.2, 0.25) is 0 Å². The van der Waals surface area contributed by atoms with Gasteiger partial charge in [0.1, 0.15) is 0 Å². The van der Waals surface area contributed by atoms with Crippen molar-refractivity contribution in [1.29, 1.82) is 0 Å². The lowest BCUT2D eigenvalue weighted by atomic mass is 10.1. The normalized spacial score (nSPS) is 10.9. The Morgan fingerprint density at radius 2 is 2.06 bits per heavy atom. The van der Waals surface area contributed by atoms with Gasteiger partial charge in [-0.1, -0.05) is 15.9 Å². The lowest BCUT2D eigenvalue weighted by molar-refractivity contribution is 0.992. The van der Waals surface area contributed by atoms with Crippen LogP contribution in [0.1, 0.15) is 11.3 Å². The van der Waals surface area contributed by atoms with Crippen LogP contribution in [-0.2, 0) is 6.54 Å². The van der Waals surface area contributed by atoms with Gasteiger partial charge in [0.15, 0.2) is 0 Å². The Kier molecular flexibility index (Phi) is 3.35. The molecule has 0 radical (unpaired) electrons. The minimum atomic E-state index is 0.509. The molecule has 0 amide bonds. The second kappa shape index (κ2) is 4.63. The van der Waals surface area contributed by atoms with Crippen LogP contribution < -0.4 is 10.6 Å². The molecule has 0 atom stereocenters. The highest BCUT2D eigenvalue weighted by Gasteiger charge is 2.13. The van der Waals surface area contributed by atoms with Gasteiger partial charge in [0.05, 0.1) is 11.2 Å². The van der Waals surface area contributed by atoms with E-state index in [0.717, 1.165) is 32.3 Å². The Balaban J connectivity index is 2.89. The first-order valence-corrected chi connectivity index (χ1v) is 6.30. The van der Waals surface area contributed by atoms with Crippen molar-refractivity contribution in [2.45, 2.75) is 13.5 Å². The smallest absolute Gasteiger partial charge is 0.0727 e. The summed E-state index contributed by atoms with van der Waals surface area (Å²) in [6.45, 7) is 2.52. The maximum atomic E-state index is 5.84. The van der Waals surface area contributed by atoms with Crippen LogP contribution in [0.5, 0.6) is 0 Å². The number of hydrogen-bond acceptors (Lipinski definition) is 3. The summed E-state index contributed by atoms with van der Waals surface area (Å²) in [6, 6.07) is 6.13. The van der Waals surface area contributed by atoms with E-state index in [9.17, 15) is 0 Å². The van der Waals surface area contributed by atoms with E-state index < -0.39 is 0 Å². The van der Waals surface area contributed by atoms with Gasteiger partial charge >= 0.3 is 0 Å². The summed E-state index contributed by atoms with van der Waals surface area (Å²) in [5.41, 5.74) is 10.1. The number of nitrogens with zero attached hydrogens (tertiary/aromatic N) is 2. The van der Waals surface area contributed by atoms with Gasteiger partial charge < -0.3 is 10.6 Å². The van der Waals surface area contributed by atoms with Gasteiger partial charge in [0.2, 0.25) is 0 Å². The van der Waals surface area contributed by atoms with E-state index in [-0.39, 0.29) is 0 Å². The molecule has 90 valence electrons. The van der Waals surface area contributed by atoms with Crippen molar-refractivity contribution in [3.8, 4) is 0 Å². The van der Waals surface area contributed by atoms with E-state index in [4.69, 9.17) is 5.73 Å². The molecule has 2 rings (SSSR count). The van der Waals surface area contributed by atoms with Crippen molar-refractivity contribution in [2.24, 2.45) is 5.73 Å². The number of aryl methyl sites for hydroxylation is 1. The van der Waals surface area contributed by atoms with Gasteiger partial charge in [-0.2, -0.15) is 0 Å². The van der Waals surface area contributed by atoms with Gasteiger partial charge in [-0.25, -0.2) is 0 Å². The predicted molar refractivity (Wildman–Crippen MR) is 76.4 cm³/mol. The maximum Gasteiger partial charge on any atom is 0.0727 e. The number of rotatable bonds is 2. The fraction of sp³-hybridized carbons (Fsp3) is 0.308. The number of halogens is 1. The minimum Gasteiger partial charge on any atom is -0.377 e. The SMILES string of the molecule is Cc1nc2ccc(Br)cc2c(N(C)C)c1CN. The highest BCUT2D eigenvalue weighted by atomic mass is 79.9. The van der Waals surface area contributed by atoms with Gasteiger partial charge in [0, 0.05) is 41.8 Å². The van der Waals surface area contributed by atoms with E-state index in [1.54, 1.807) is 0 Å². The van der Waals surface area contributed by atoms with Crippen molar-refractivity contribution in [2.75, 3.05) is 19.0 Å². The molecule has 2 N–H and O–H groups in total. The Morgan fingerprint density at radius 3 is 2.65 bits per heavy atom. The predicted octanol–water partition coefficient (Wildman–Crippen LogP) is 2.83. The molecule has 4 heteroatoms. The molecule has 0 saturated carbocycles. The van der Waals surface area contributed by atoms with Crippen molar-refractivity contribution in [3.63, 3.8) is 0 Å². The molecule has 0 aliphatic carbocycles. The molecule has 0 fully saturated rings. The Labute approximate surface area is 110 Å². The first-order valence-electron chi connectivity index (χ1n) is 5.50. The van der Waals surface area contributed by atoms with Crippen molar-refractivity contribution >= 4 is 32.5 Å². The first-order chi connectivity index (χ1) is 8.04. The third-order valence-electron chi connectivity index (χ3n) is 2.88. The van der Waals surface area contributed by atoms with Crippen LogP contribution in [0.4, 0.5) is 5.69 Å². The number of fused-ring (bicyclic) bond motifs is 1. The molecule has 0 spiro atoms. The number of nitrogens with two attached hydrogens (primary N) is 1. The Morgan fingerprint density at radius 1 is 1.35 bits per heavy atom. The van der Waals surface area contributed by atoms with Crippen molar-refractivity contribution < 1.29 is 0 Å². The van der Waals surface area contributed by atoms with Crippen LogP contribution in [0.3, 0.4) is 0 Å². The quantitative estimate of drug-likeness (QED) is 0.926. The molecule has 1 aromatic carbocycles. The van der Waals surface area contributed by atoms with Crippen LogP contribution >= 0.6 is 15.9 Å². The average molecular weight is 294 g/mol. The Hall–Kier alpha value is -1.13. The van der Waals surface area contributed by atoms with Crippen LogP contribution in [0.15, 0.2) is 22.7 Å². The lowest BCUT2D eigenvalue weighted by Gasteiger charge is -2.21. The van der Waals surface area contributed by atoms with E-state index in [1.807, 2.05) is 33.2 Å². The summed E-state index contributed by atoms with van der Waals surface area (Å²) in [5, 5.41) is 1.13. The molecule has 0 aliphatic rings. The molecule has 0 unspecified atom stereocenters. The van der Waals surface area contributed by atoms with E-state index >= 15 is 0 Å². The zero-order valence-corrected chi connectivity index (χ0v) is 11.9. The minimum absolute atomic E-state index is 0.509. The highest BCUT2D eigenvalue weighted by molar-refractivity contribution is 9.10. The molecule has 0 bridgehead atoms. The summed E-state index contributed by atoms with van der Waals surface area (Å²) in [6.07, 6.45) is 0. The zero-order chi connectivity index (χ0) is 12.6. The van der Waals surface area contributed by atoms with Crippen LogP contribution in [0, 0.1) is 6.92 Å². The molecular weight excluding hydrogens is 278 g/mol. The van der Waals surface area contributed by atoms with Gasteiger partial charge in [-0.05, 0) is 25.1 Å². The van der Waals surface area contributed by atoms with E-state index in [2.05, 4.69) is 31.9 Å². The van der Waals surface area contributed by atoms with E-state index in [0.29, 0.717) is 6.54 Å². The molecular formula is C13H16BrN3. The molecule has 1 aromatic heterocycles. The standard InChI is InChI=1S/C13H16BrN3/c1-8-11(7-15)13(17(2)3)10-6-9(14)4-5-12(10)16-8/h4-6H,7,15H2,1-3H3. The highest BCUT2D eigenvalue weighted by Crippen LogP contribution is 2.32. The van der Waals surface area contributed by atoms with Crippen LogP contribution in [-0.4, -0.2) is 19.1 Å². The molecule has 3 nitrogen and oxygen atoms in total. The van der Waals surface area contributed by atoms with Crippen molar-refractivity contribution in [3.05, 3.63) is 33.9 Å². The van der Waals surface area contributed by atoms with Crippen LogP contribution in [0.25, 0.3) is 10.9 Å². The summed E-state index contributed by atoms with van der Waals surface area (Å²) in [5.74, 6) is 0. The average Bonchev–Trinajstić information content (AvgIpc) is 2.27. The van der Waals surface area contributed by atoms with E-state index in [1.165, 1.54) is 0 Å². The largest absolute Gasteiger partial charge is 0.377 e. The van der Waals surface area contributed by atoms with Gasteiger partial charge in [-0.3, -0.25) is 4.98 Å². The third-order valence-corrected chi connectivity index (χ3v) is 3.37.